The Balaban J connectivity index is 2.14. The summed E-state index contributed by atoms with van der Waals surface area (Å²) in [6.45, 7) is 4.28. The Bertz CT molecular complexity index is 479. The number of likely N-dealkylation sites (tertiary alicyclic amines) is 1. The summed E-state index contributed by atoms with van der Waals surface area (Å²) in [5.41, 5.74) is -0.852. The molecule has 1 aliphatic heterocycles. The predicted molar refractivity (Wildman–Crippen MR) is 64.3 cm³/mol. The van der Waals surface area contributed by atoms with Gasteiger partial charge in [0.15, 0.2) is 5.76 Å². The van der Waals surface area contributed by atoms with E-state index >= 15 is 0 Å². The first-order valence-electron chi connectivity index (χ1n) is 6.01. The standard InChI is InChI=1S/C13H17NO4/c1-9-4-5-10(18-9)11(15)14-7-3-6-13(2,8-14)12(16)17/h4-5H,3,6-8H2,1-2H3,(H,16,17). The molecule has 0 saturated carbocycles. The van der Waals surface area contributed by atoms with Crippen molar-refractivity contribution in [1.29, 1.82) is 0 Å². The van der Waals surface area contributed by atoms with E-state index in [1.165, 1.54) is 0 Å². The van der Waals surface area contributed by atoms with Crippen molar-refractivity contribution in [2.75, 3.05) is 13.1 Å². The van der Waals surface area contributed by atoms with Crippen LogP contribution in [0.3, 0.4) is 0 Å². The minimum Gasteiger partial charge on any atom is -0.481 e. The van der Waals surface area contributed by atoms with Crippen LogP contribution < -0.4 is 0 Å². The molecule has 1 fully saturated rings. The van der Waals surface area contributed by atoms with Crippen molar-refractivity contribution in [3.63, 3.8) is 0 Å². The molecular formula is C13H17NO4. The Labute approximate surface area is 105 Å². The van der Waals surface area contributed by atoms with Crippen molar-refractivity contribution in [1.82, 2.24) is 4.90 Å². The van der Waals surface area contributed by atoms with Crippen molar-refractivity contribution < 1.29 is 19.1 Å². The maximum Gasteiger partial charge on any atom is 0.311 e. The first-order valence-corrected chi connectivity index (χ1v) is 6.01. The van der Waals surface area contributed by atoms with E-state index < -0.39 is 11.4 Å². The van der Waals surface area contributed by atoms with Gasteiger partial charge in [0.25, 0.3) is 5.91 Å². The Morgan fingerprint density at radius 2 is 2.17 bits per heavy atom. The van der Waals surface area contributed by atoms with Gasteiger partial charge in [-0.15, -0.1) is 0 Å². The van der Waals surface area contributed by atoms with Gasteiger partial charge in [-0.3, -0.25) is 9.59 Å². The number of aliphatic carboxylic acids is 1. The van der Waals surface area contributed by atoms with Crippen molar-refractivity contribution in [3.05, 3.63) is 23.7 Å². The normalized spacial score (nSPS) is 24.0. The van der Waals surface area contributed by atoms with Gasteiger partial charge in [0, 0.05) is 13.1 Å². The van der Waals surface area contributed by atoms with Gasteiger partial charge in [0.05, 0.1) is 5.41 Å². The van der Waals surface area contributed by atoms with Crippen LogP contribution in [-0.4, -0.2) is 35.0 Å². The van der Waals surface area contributed by atoms with E-state index in [2.05, 4.69) is 0 Å². The second-order valence-corrected chi connectivity index (χ2v) is 5.11. The fraction of sp³-hybridized carbons (Fsp3) is 0.538. The lowest BCUT2D eigenvalue weighted by atomic mass is 9.82. The highest BCUT2D eigenvalue weighted by atomic mass is 16.4. The van der Waals surface area contributed by atoms with Crippen LogP contribution in [-0.2, 0) is 4.79 Å². The summed E-state index contributed by atoms with van der Waals surface area (Å²) in [5, 5.41) is 9.21. The number of rotatable bonds is 2. The molecule has 98 valence electrons. The van der Waals surface area contributed by atoms with Gasteiger partial charge >= 0.3 is 5.97 Å². The molecule has 1 aromatic rings. The van der Waals surface area contributed by atoms with Crippen molar-refractivity contribution in [3.8, 4) is 0 Å². The topological polar surface area (TPSA) is 70.8 Å². The maximum absolute atomic E-state index is 12.2. The summed E-state index contributed by atoms with van der Waals surface area (Å²) < 4.78 is 5.29. The molecular weight excluding hydrogens is 234 g/mol. The lowest BCUT2D eigenvalue weighted by molar-refractivity contribution is -0.150. The number of amides is 1. The van der Waals surface area contributed by atoms with Gasteiger partial charge in [-0.2, -0.15) is 0 Å². The number of hydrogen-bond acceptors (Lipinski definition) is 3. The molecule has 5 heteroatoms. The Hall–Kier alpha value is -1.78. The third kappa shape index (κ3) is 2.25. The van der Waals surface area contributed by atoms with Gasteiger partial charge < -0.3 is 14.4 Å². The number of carboxylic acid groups (broad SMARTS) is 1. The largest absolute Gasteiger partial charge is 0.481 e. The summed E-state index contributed by atoms with van der Waals surface area (Å²) in [6.07, 6.45) is 1.30. The SMILES string of the molecule is Cc1ccc(C(=O)N2CCCC(C)(C(=O)O)C2)o1. The molecule has 1 amide bonds. The van der Waals surface area contributed by atoms with E-state index in [0.717, 1.165) is 0 Å². The van der Waals surface area contributed by atoms with E-state index in [9.17, 15) is 14.7 Å². The van der Waals surface area contributed by atoms with Gasteiger partial charge in [-0.1, -0.05) is 0 Å². The van der Waals surface area contributed by atoms with Gasteiger partial charge in [0.2, 0.25) is 0 Å². The van der Waals surface area contributed by atoms with Crippen LogP contribution in [0.5, 0.6) is 0 Å². The Kier molecular flexibility index (Phi) is 3.15. The van der Waals surface area contributed by atoms with E-state index in [4.69, 9.17) is 4.42 Å². The molecule has 2 heterocycles. The monoisotopic (exact) mass is 251 g/mol. The molecule has 1 atom stereocenters. The zero-order valence-electron chi connectivity index (χ0n) is 10.6. The summed E-state index contributed by atoms with van der Waals surface area (Å²) in [7, 11) is 0. The quantitative estimate of drug-likeness (QED) is 0.871. The number of aryl methyl sites for hydroxylation is 1. The van der Waals surface area contributed by atoms with Crippen LogP contribution >= 0.6 is 0 Å². The van der Waals surface area contributed by atoms with Crippen LogP contribution in [0, 0.1) is 12.3 Å². The van der Waals surface area contributed by atoms with Crippen LogP contribution in [0.1, 0.15) is 36.1 Å². The Morgan fingerprint density at radius 3 is 2.72 bits per heavy atom. The highest BCUT2D eigenvalue weighted by molar-refractivity contribution is 5.92. The fourth-order valence-corrected chi connectivity index (χ4v) is 2.29. The number of piperidine rings is 1. The molecule has 1 N–H and O–H groups in total. The second-order valence-electron chi connectivity index (χ2n) is 5.11. The van der Waals surface area contributed by atoms with E-state index in [1.54, 1.807) is 30.9 Å². The fourth-order valence-electron chi connectivity index (χ4n) is 2.29. The molecule has 1 aromatic heterocycles. The van der Waals surface area contributed by atoms with E-state index in [0.29, 0.717) is 25.1 Å². The van der Waals surface area contributed by atoms with Gasteiger partial charge in [-0.25, -0.2) is 0 Å². The molecule has 0 aliphatic carbocycles. The zero-order valence-corrected chi connectivity index (χ0v) is 10.6. The van der Waals surface area contributed by atoms with Crippen LogP contribution in [0.25, 0.3) is 0 Å². The van der Waals surface area contributed by atoms with Crippen molar-refractivity contribution in [2.45, 2.75) is 26.7 Å². The first kappa shape index (κ1) is 12.7. The summed E-state index contributed by atoms with van der Waals surface area (Å²) in [5.74, 6) is -0.121. The smallest absolute Gasteiger partial charge is 0.311 e. The van der Waals surface area contributed by atoms with Crippen LogP contribution in [0.2, 0.25) is 0 Å². The lowest BCUT2D eigenvalue weighted by Crippen LogP contribution is -2.48. The van der Waals surface area contributed by atoms with E-state index in [1.807, 2.05) is 0 Å². The average molecular weight is 251 g/mol. The third-order valence-electron chi connectivity index (χ3n) is 3.45. The Morgan fingerprint density at radius 1 is 1.44 bits per heavy atom. The highest BCUT2D eigenvalue weighted by Gasteiger charge is 2.39. The minimum absolute atomic E-state index is 0.227. The number of hydrogen-bond donors (Lipinski definition) is 1. The molecule has 0 bridgehead atoms. The highest BCUT2D eigenvalue weighted by Crippen LogP contribution is 2.30. The van der Waals surface area contributed by atoms with Gasteiger partial charge in [-0.05, 0) is 38.8 Å². The molecule has 1 aliphatic rings. The average Bonchev–Trinajstić information content (AvgIpc) is 2.75. The van der Waals surface area contributed by atoms with Crippen molar-refractivity contribution in [2.24, 2.45) is 5.41 Å². The molecule has 2 rings (SSSR count). The number of furan rings is 1. The third-order valence-corrected chi connectivity index (χ3v) is 3.45. The second kappa shape index (κ2) is 4.48. The summed E-state index contributed by atoms with van der Waals surface area (Å²) >= 11 is 0. The minimum atomic E-state index is -0.852. The molecule has 1 unspecified atom stereocenters. The van der Waals surface area contributed by atoms with E-state index in [-0.39, 0.29) is 18.2 Å². The number of nitrogens with zero attached hydrogens (tertiary/aromatic N) is 1. The molecule has 0 radical (unpaired) electrons. The van der Waals surface area contributed by atoms with Crippen molar-refractivity contribution >= 4 is 11.9 Å². The zero-order chi connectivity index (χ0) is 13.3. The summed E-state index contributed by atoms with van der Waals surface area (Å²) in [4.78, 5) is 25.0. The number of carboxylic acids is 1. The van der Waals surface area contributed by atoms with Gasteiger partial charge in [0.1, 0.15) is 5.76 Å². The molecule has 18 heavy (non-hydrogen) atoms. The van der Waals surface area contributed by atoms with Crippen LogP contribution in [0.4, 0.5) is 0 Å². The molecule has 0 spiro atoms. The number of carbonyl (C=O) groups is 2. The molecule has 0 aromatic carbocycles. The first-order chi connectivity index (χ1) is 8.42. The van der Waals surface area contributed by atoms with Crippen LogP contribution in [0.15, 0.2) is 16.5 Å². The maximum atomic E-state index is 12.2. The number of carbonyl (C=O) groups excluding carboxylic acids is 1. The predicted octanol–water partition coefficient (Wildman–Crippen LogP) is 1.91. The molecule has 5 nitrogen and oxygen atoms in total. The molecule has 1 saturated heterocycles. The lowest BCUT2D eigenvalue weighted by Gasteiger charge is -2.37. The summed E-state index contributed by atoms with van der Waals surface area (Å²) in [6, 6.07) is 3.36.